The number of fused-ring (bicyclic) bond motifs is 1. The summed E-state index contributed by atoms with van der Waals surface area (Å²) in [5, 5.41) is 12.6. The number of sulfone groups is 1. The molecule has 13 nitrogen and oxygen atoms in total. The smallest absolute Gasteiger partial charge is 0.407 e. The van der Waals surface area contributed by atoms with Crippen molar-refractivity contribution >= 4 is 36.9 Å². The number of nitrogens with one attached hydrogen (secondary N) is 1. The van der Waals surface area contributed by atoms with Gasteiger partial charge in [0.1, 0.15) is 35.8 Å². The van der Waals surface area contributed by atoms with Crippen LogP contribution in [0.4, 0.5) is 9.18 Å². The molecule has 1 aromatic heterocycles. The lowest BCUT2D eigenvalue weighted by atomic mass is 9.88. The molecule has 1 unspecified atom stereocenters. The summed E-state index contributed by atoms with van der Waals surface area (Å²) in [6.45, 7) is 1.78. The second kappa shape index (κ2) is 13.4. The number of aliphatic hydroxyl groups is 1. The number of aliphatic hydroxyl groups excluding tert-OH is 1. The van der Waals surface area contributed by atoms with Crippen molar-refractivity contribution in [1.29, 1.82) is 0 Å². The van der Waals surface area contributed by atoms with Crippen LogP contribution in [0.25, 0.3) is 10.9 Å². The molecule has 3 fully saturated rings. The summed E-state index contributed by atoms with van der Waals surface area (Å²) in [5.41, 5.74) is -1.36. The average molecular weight is 708 g/mol. The molecule has 0 radical (unpaired) electrons. The van der Waals surface area contributed by atoms with Gasteiger partial charge >= 0.3 is 6.09 Å². The van der Waals surface area contributed by atoms with Gasteiger partial charge < -0.3 is 29.2 Å². The number of alkyl carbamates (subject to hydrolysis) is 1. The summed E-state index contributed by atoms with van der Waals surface area (Å²) in [5.74, 6) is -0.328. The SMILES string of the molecule is CCn1cc(S(=O)(=O)N2CCC3(CC2)C[C@@H](NC(=O)OCC(O)COc2cccc(S(=O)(=O)C4CC4)c2)CO3)c(=O)c2cccc(F)c21. The minimum absolute atomic E-state index is 0.00192. The lowest BCUT2D eigenvalue weighted by Crippen LogP contribution is -2.47. The zero-order valence-corrected chi connectivity index (χ0v) is 28.0. The first-order valence-corrected chi connectivity index (χ1v) is 18.9. The molecular formula is C32H38FN3O10S2. The van der Waals surface area contributed by atoms with E-state index in [0.717, 1.165) is 0 Å². The van der Waals surface area contributed by atoms with Crippen molar-refractivity contribution in [2.45, 2.75) is 78.4 Å². The van der Waals surface area contributed by atoms with Crippen LogP contribution in [-0.4, -0.2) is 92.8 Å². The number of amides is 1. The van der Waals surface area contributed by atoms with Crippen LogP contribution in [0.5, 0.6) is 5.75 Å². The first-order chi connectivity index (χ1) is 22.8. The van der Waals surface area contributed by atoms with E-state index in [1.807, 2.05) is 0 Å². The Kier molecular flexibility index (Phi) is 9.56. The summed E-state index contributed by atoms with van der Waals surface area (Å²) < 4.78 is 86.0. The largest absolute Gasteiger partial charge is 0.491 e. The number of aromatic nitrogens is 1. The number of hydrogen-bond donors (Lipinski definition) is 2. The first-order valence-electron chi connectivity index (χ1n) is 15.9. The second-order valence-electron chi connectivity index (χ2n) is 12.5. The van der Waals surface area contributed by atoms with Crippen LogP contribution >= 0.6 is 0 Å². The molecular weight excluding hydrogens is 669 g/mol. The molecule has 2 aliphatic heterocycles. The number of piperidine rings is 1. The summed E-state index contributed by atoms with van der Waals surface area (Å²) in [4.78, 5) is 25.4. The van der Waals surface area contributed by atoms with Crippen LogP contribution in [0.15, 0.2) is 63.2 Å². The molecule has 3 heterocycles. The Morgan fingerprint density at radius 2 is 1.85 bits per heavy atom. The van der Waals surface area contributed by atoms with Crippen LogP contribution in [0.3, 0.4) is 0 Å². The molecule has 2 aromatic carbocycles. The second-order valence-corrected chi connectivity index (χ2v) is 16.6. The van der Waals surface area contributed by atoms with E-state index in [9.17, 15) is 35.9 Å². The van der Waals surface area contributed by atoms with Gasteiger partial charge in [-0.15, -0.1) is 0 Å². The normalized spacial score (nSPS) is 20.5. The predicted molar refractivity (Wildman–Crippen MR) is 172 cm³/mol. The van der Waals surface area contributed by atoms with Gasteiger partial charge in [-0.3, -0.25) is 4.79 Å². The summed E-state index contributed by atoms with van der Waals surface area (Å²) >= 11 is 0. The van der Waals surface area contributed by atoms with E-state index in [0.29, 0.717) is 32.1 Å². The highest BCUT2D eigenvalue weighted by molar-refractivity contribution is 7.92. The van der Waals surface area contributed by atoms with Crippen LogP contribution < -0.4 is 15.5 Å². The quantitative estimate of drug-likeness (QED) is 0.302. The number of hydrogen-bond acceptors (Lipinski definition) is 10. The topological polar surface area (TPSA) is 171 Å². The molecule has 6 rings (SSSR count). The fourth-order valence-electron chi connectivity index (χ4n) is 6.31. The molecule has 1 saturated carbocycles. The standard InChI is InChI=1S/C32H38FN3O10S2/c1-2-35-17-28(30(38)26-7-4-8-27(33)29(26)35)48(42,43)36-13-11-32(12-14-36)16-21(18-46-32)34-31(39)45-20-22(37)19-44-23-5-3-6-25(15-23)47(40,41)24-9-10-24/h3-8,15,17,21-22,24,37H,2,9-14,16,18-20H2,1H3,(H,34,39)/t21-,22?/m1/s1. The molecule has 1 aliphatic carbocycles. The number of nitrogens with zero attached hydrogens (tertiary/aromatic N) is 2. The summed E-state index contributed by atoms with van der Waals surface area (Å²) in [6, 6.07) is 9.69. The van der Waals surface area contributed by atoms with E-state index in [1.165, 1.54) is 45.4 Å². The number of halogens is 1. The predicted octanol–water partition coefficient (Wildman–Crippen LogP) is 2.57. The Hall–Kier alpha value is -3.57. The van der Waals surface area contributed by atoms with Crippen molar-refractivity contribution < 1.29 is 45.3 Å². The van der Waals surface area contributed by atoms with Gasteiger partial charge in [-0.2, -0.15) is 4.31 Å². The number of carbonyl (C=O) groups excluding carboxylic acids is 1. The fourth-order valence-corrected chi connectivity index (χ4v) is 9.55. The van der Waals surface area contributed by atoms with Crippen molar-refractivity contribution in [2.24, 2.45) is 0 Å². The highest BCUT2D eigenvalue weighted by atomic mass is 32.2. The van der Waals surface area contributed by atoms with E-state index in [-0.39, 0.29) is 66.3 Å². The molecule has 16 heteroatoms. The van der Waals surface area contributed by atoms with Gasteiger partial charge in [-0.05, 0) is 69.4 Å². The van der Waals surface area contributed by atoms with Crippen LogP contribution in [0.2, 0.25) is 0 Å². The van der Waals surface area contributed by atoms with Gasteiger partial charge in [-0.25, -0.2) is 26.0 Å². The van der Waals surface area contributed by atoms with Crippen molar-refractivity contribution in [2.75, 3.05) is 32.9 Å². The Morgan fingerprint density at radius 1 is 1.12 bits per heavy atom. The van der Waals surface area contributed by atoms with Crippen molar-refractivity contribution in [3.05, 3.63) is 64.7 Å². The van der Waals surface area contributed by atoms with Crippen molar-refractivity contribution in [3.63, 3.8) is 0 Å². The van der Waals surface area contributed by atoms with Crippen molar-refractivity contribution in [3.8, 4) is 5.75 Å². The number of ether oxygens (including phenoxy) is 3. The maximum atomic E-state index is 14.5. The van der Waals surface area contributed by atoms with Gasteiger partial charge in [0, 0.05) is 25.8 Å². The molecule has 2 saturated heterocycles. The number of pyridine rings is 1. The van der Waals surface area contributed by atoms with Crippen LogP contribution in [-0.2, 0) is 35.9 Å². The Morgan fingerprint density at radius 3 is 2.56 bits per heavy atom. The van der Waals surface area contributed by atoms with Gasteiger partial charge in [0.25, 0.3) is 0 Å². The Balaban J connectivity index is 0.979. The zero-order chi connectivity index (χ0) is 34.3. The third kappa shape index (κ3) is 6.94. The number of aryl methyl sites for hydroxylation is 1. The summed E-state index contributed by atoms with van der Waals surface area (Å²) in [7, 11) is -7.57. The number of sulfonamides is 1. The molecule has 48 heavy (non-hydrogen) atoms. The zero-order valence-electron chi connectivity index (χ0n) is 26.3. The number of rotatable bonds is 11. The fraction of sp³-hybridized carbons (Fsp3) is 0.500. The average Bonchev–Trinajstić information content (AvgIpc) is 3.87. The van der Waals surface area contributed by atoms with E-state index < -0.39 is 59.8 Å². The number of carbonyl (C=O) groups is 1. The van der Waals surface area contributed by atoms with Gasteiger partial charge in [0.05, 0.1) is 39.3 Å². The number of para-hydroxylation sites is 1. The maximum absolute atomic E-state index is 14.5. The molecule has 260 valence electrons. The Labute approximate surface area is 277 Å². The lowest BCUT2D eigenvalue weighted by Gasteiger charge is -2.37. The minimum atomic E-state index is -4.18. The van der Waals surface area contributed by atoms with Crippen LogP contribution in [0, 0.1) is 5.82 Å². The molecule has 2 atom stereocenters. The lowest BCUT2D eigenvalue weighted by molar-refractivity contribution is -0.0312. The van der Waals surface area contributed by atoms with Crippen molar-refractivity contribution in [1.82, 2.24) is 14.2 Å². The first kappa shape index (κ1) is 34.3. The molecule has 2 N–H and O–H groups in total. The highest BCUT2D eigenvalue weighted by Crippen LogP contribution is 2.38. The molecule has 1 amide bonds. The van der Waals surface area contributed by atoms with Crippen LogP contribution in [0.1, 0.15) is 39.0 Å². The monoisotopic (exact) mass is 707 g/mol. The third-order valence-corrected chi connectivity index (χ3v) is 13.2. The molecule has 3 aromatic rings. The molecule has 3 aliphatic rings. The van der Waals surface area contributed by atoms with Gasteiger partial charge in [0.15, 0.2) is 9.84 Å². The minimum Gasteiger partial charge on any atom is -0.491 e. The summed E-state index contributed by atoms with van der Waals surface area (Å²) in [6.07, 6.45) is 1.64. The van der Waals surface area contributed by atoms with E-state index >= 15 is 0 Å². The number of benzene rings is 2. The molecule has 1 spiro atoms. The van der Waals surface area contributed by atoms with E-state index in [1.54, 1.807) is 19.1 Å². The van der Waals surface area contributed by atoms with E-state index in [4.69, 9.17) is 14.2 Å². The van der Waals surface area contributed by atoms with Gasteiger partial charge in [0.2, 0.25) is 15.5 Å². The highest BCUT2D eigenvalue weighted by Gasteiger charge is 2.46. The van der Waals surface area contributed by atoms with E-state index in [2.05, 4.69) is 5.32 Å². The maximum Gasteiger partial charge on any atom is 0.407 e. The third-order valence-electron chi connectivity index (χ3n) is 9.09. The molecule has 0 bridgehead atoms. The Bertz CT molecular complexity index is 1970. The van der Waals surface area contributed by atoms with Gasteiger partial charge in [-0.1, -0.05) is 12.1 Å².